The van der Waals surface area contributed by atoms with Crippen LogP contribution in [0.4, 0.5) is 15.8 Å². The van der Waals surface area contributed by atoms with Crippen LogP contribution < -0.4 is 13.9 Å². The standard InChI is InChI=1S/C25H26FN3O4S/c1-27(23-5-3-4-6-24(23)33-2)34(31,32)22-13-7-19(8-14-22)25(30)29-17-15-28(16-18-29)21-11-9-20(26)10-12-21/h3-14H,15-18H2,1-2H3. The quantitative estimate of drug-likeness (QED) is 0.536. The summed E-state index contributed by atoms with van der Waals surface area (Å²) in [6, 6.07) is 19.1. The van der Waals surface area contributed by atoms with Crippen LogP contribution in [0.2, 0.25) is 0 Å². The summed E-state index contributed by atoms with van der Waals surface area (Å²) < 4.78 is 45.8. The number of nitrogens with zero attached hydrogens (tertiary/aromatic N) is 3. The molecule has 3 aromatic carbocycles. The number of ether oxygens (including phenoxy) is 1. The minimum Gasteiger partial charge on any atom is -0.495 e. The first-order valence-electron chi connectivity index (χ1n) is 10.8. The van der Waals surface area contributed by atoms with Crippen LogP contribution in [0.5, 0.6) is 5.75 Å². The molecule has 0 N–H and O–H groups in total. The Kier molecular flexibility index (Phi) is 6.74. The summed E-state index contributed by atoms with van der Waals surface area (Å²) in [6.45, 7) is 2.31. The first-order chi connectivity index (χ1) is 16.3. The molecule has 9 heteroatoms. The summed E-state index contributed by atoms with van der Waals surface area (Å²) in [5.41, 5.74) is 1.76. The number of methoxy groups -OCH3 is 1. The largest absolute Gasteiger partial charge is 0.495 e. The van der Waals surface area contributed by atoms with E-state index in [1.54, 1.807) is 41.3 Å². The van der Waals surface area contributed by atoms with E-state index in [-0.39, 0.29) is 16.6 Å². The SMILES string of the molecule is COc1ccccc1N(C)S(=O)(=O)c1ccc(C(=O)N2CCN(c3ccc(F)cc3)CC2)cc1. The van der Waals surface area contributed by atoms with Crippen LogP contribution in [-0.2, 0) is 10.0 Å². The van der Waals surface area contributed by atoms with E-state index < -0.39 is 10.0 Å². The summed E-state index contributed by atoms with van der Waals surface area (Å²) in [5.74, 6) is 0.0121. The number of halogens is 1. The fourth-order valence-electron chi connectivity index (χ4n) is 3.95. The third-order valence-electron chi connectivity index (χ3n) is 5.94. The van der Waals surface area contributed by atoms with Gasteiger partial charge in [-0.25, -0.2) is 12.8 Å². The van der Waals surface area contributed by atoms with Gasteiger partial charge in [-0.3, -0.25) is 9.10 Å². The number of hydrogen-bond donors (Lipinski definition) is 0. The second-order valence-electron chi connectivity index (χ2n) is 7.92. The molecule has 1 aliphatic heterocycles. The Hall–Kier alpha value is -3.59. The van der Waals surface area contributed by atoms with Crippen LogP contribution in [0.25, 0.3) is 0 Å². The molecule has 1 aliphatic rings. The van der Waals surface area contributed by atoms with Gasteiger partial charge in [0.1, 0.15) is 11.6 Å². The fourth-order valence-corrected chi connectivity index (χ4v) is 5.16. The minimum absolute atomic E-state index is 0.0820. The van der Waals surface area contributed by atoms with Crippen LogP contribution in [0.3, 0.4) is 0 Å². The number of sulfonamides is 1. The molecular formula is C25H26FN3O4S. The normalized spacial score (nSPS) is 14.1. The fraction of sp³-hybridized carbons (Fsp3) is 0.240. The van der Waals surface area contributed by atoms with Gasteiger partial charge in [-0.05, 0) is 60.7 Å². The minimum atomic E-state index is -3.84. The van der Waals surface area contributed by atoms with Gasteiger partial charge in [0.2, 0.25) is 0 Å². The predicted molar refractivity (Wildman–Crippen MR) is 130 cm³/mol. The Labute approximate surface area is 199 Å². The Balaban J connectivity index is 1.44. The Morgan fingerprint density at radius 2 is 1.53 bits per heavy atom. The van der Waals surface area contributed by atoms with Gasteiger partial charge < -0.3 is 14.5 Å². The molecule has 1 heterocycles. The van der Waals surface area contributed by atoms with Crippen LogP contribution in [0.1, 0.15) is 10.4 Å². The Bertz CT molecular complexity index is 1260. The van der Waals surface area contributed by atoms with Crippen LogP contribution in [0, 0.1) is 5.82 Å². The number of amides is 1. The molecule has 1 amide bonds. The molecular weight excluding hydrogens is 457 g/mol. The third kappa shape index (κ3) is 4.70. The zero-order valence-corrected chi connectivity index (χ0v) is 19.8. The number of carbonyl (C=O) groups is 1. The number of rotatable bonds is 6. The van der Waals surface area contributed by atoms with Crippen LogP contribution in [0.15, 0.2) is 77.7 Å². The lowest BCUT2D eigenvalue weighted by molar-refractivity contribution is 0.0746. The number of carbonyl (C=O) groups excluding carboxylic acids is 1. The molecule has 3 aromatic rings. The summed E-state index contributed by atoms with van der Waals surface area (Å²) in [6.07, 6.45) is 0. The number of piperazine rings is 1. The van der Waals surface area contributed by atoms with Crippen molar-refractivity contribution in [2.24, 2.45) is 0 Å². The molecule has 0 aliphatic carbocycles. The molecule has 0 spiro atoms. The van der Waals surface area contributed by atoms with Crippen molar-refractivity contribution in [2.75, 3.05) is 49.5 Å². The van der Waals surface area contributed by atoms with E-state index >= 15 is 0 Å². The van der Waals surface area contributed by atoms with Crippen LogP contribution in [-0.4, -0.2) is 59.6 Å². The van der Waals surface area contributed by atoms with Crippen molar-refractivity contribution in [2.45, 2.75) is 4.90 Å². The van der Waals surface area contributed by atoms with Crippen molar-refractivity contribution >= 4 is 27.3 Å². The average molecular weight is 484 g/mol. The monoisotopic (exact) mass is 483 g/mol. The van der Waals surface area contributed by atoms with Crippen molar-refractivity contribution in [3.05, 3.63) is 84.2 Å². The van der Waals surface area contributed by atoms with Gasteiger partial charge in [-0.15, -0.1) is 0 Å². The average Bonchev–Trinajstić information content (AvgIpc) is 2.88. The van der Waals surface area contributed by atoms with E-state index in [1.165, 1.54) is 50.6 Å². The number of hydrogen-bond acceptors (Lipinski definition) is 5. The number of benzene rings is 3. The molecule has 1 fully saturated rings. The van der Waals surface area contributed by atoms with Gasteiger partial charge in [0.25, 0.3) is 15.9 Å². The topological polar surface area (TPSA) is 70.2 Å². The van der Waals surface area contributed by atoms with Gasteiger partial charge in [-0.2, -0.15) is 0 Å². The maximum absolute atomic E-state index is 13.2. The lowest BCUT2D eigenvalue weighted by Crippen LogP contribution is -2.48. The van der Waals surface area contributed by atoms with E-state index in [1.807, 2.05) is 0 Å². The molecule has 4 rings (SSSR count). The molecule has 0 radical (unpaired) electrons. The van der Waals surface area contributed by atoms with Gasteiger partial charge in [-0.1, -0.05) is 12.1 Å². The van der Waals surface area contributed by atoms with Crippen molar-refractivity contribution < 1.29 is 22.3 Å². The third-order valence-corrected chi connectivity index (χ3v) is 7.73. The smallest absolute Gasteiger partial charge is 0.264 e. The van der Waals surface area contributed by atoms with E-state index in [0.29, 0.717) is 43.2 Å². The van der Waals surface area contributed by atoms with Gasteiger partial charge in [0.15, 0.2) is 0 Å². The molecule has 0 aromatic heterocycles. The molecule has 0 atom stereocenters. The maximum atomic E-state index is 13.2. The van der Waals surface area contributed by atoms with Crippen molar-refractivity contribution in [3.63, 3.8) is 0 Å². The lowest BCUT2D eigenvalue weighted by Gasteiger charge is -2.36. The van der Waals surface area contributed by atoms with E-state index in [4.69, 9.17) is 4.74 Å². The summed E-state index contributed by atoms with van der Waals surface area (Å²) in [4.78, 5) is 16.9. The van der Waals surface area contributed by atoms with Gasteiger partial charge >= 0.3 is 0 Å². The van der Waals surface area contributed by atoms with Gasteiger partial charge in [0.05, 0.1) is 17.7 Å². The van der Waals surface area contributed by atoms with Crippen molar-refractivity contribution in [3.8, 4) is 5.75 Å². The van der Waals surface area contributed by atoms with E-state index in [2.05, 4.69) is 4.90 Å². The molecule has 0 bridgehead atoms. The van der Waals surface area contributed by atoms with Crippen molar-refractivity contribution in [1.82, 2.24) is 4.90 Å². The highest BCUT2D eigenvalue weighted by Crippen LogP contribution is 2.31. The van der Waals surface area contributed by atoms with Crippen LogP contribution >= 0.6 is 0 Å². The predicted octanol–water partition coefficient (Wildman–Crippen LogP) is 3.62. The summed E-state index contributed by atoms with van der Waals surface area (Å²) >= 11 is 0. The molecule has 7 nitrogen and oxygen atoms in total. The second-order valence-corrected chi connectivity index (χ2v) is 9.89. The second kappa shape index (κ2) is 9.72. The first kappa shape index (κ1) is 23.6. The zero-order valence-electron chi connectivity index (χ0n) is 19.0. The van der Waals surface area contributed by atoms with Gasteiger partial charge in [0, 0.05) is 44.5 Å². The van der Waals surface area contributed by atoms with Crippen molar-refractivity contribution in [1.29, 1.82) is 0 Å². The Morgan fingerprint density at radius 3 is 2.15 bits per heavy atom. The molecule has 34 heavy (non-hydrogen) atoms. The highest BCUT2D eigenvalue weighted by molar-refractivity contribution is 7.92. The van der Waals surface area contributed by atoms with E-state index in [9.17, 15) is 17.6 Å². The number of para-hydroxylation sites is 2. The Morgan fingerprint density at radius 1 is 0.912 bits per heavy atom. The maximum Gasteiger partial charge on any atom is 0.264 e. The lowest BCUT2D eigenvalue weighted by atomic mass is 10.1. The summed E-state index contributed by atoms with van der Waals surface area (Å²) in [5, 5.41) is 0. The summed E-state index contributed by atoms with van der Waals surface area (Å²) in [7, 11) is -0.887. The molecule has 1 saturated heterocycles. The molecule has 178 valence electrons. The molecule has 0 unspecified atom stereocenters. The number of anilines is 2. The highest BCUT2D eigenvalue weighted by Gasteiger charge is 2.26. The first-order valence-corrected chi connectivity index (χ1v) is 12.3. The molecule has 0 saturated carbocycles. The zero-order chi connectivity index (χ0) is 24.3. The van der Waals surface area contributed by atoms with E-state index in [0.717, 1.165) is 9.99 Å². The highest BCUT2D eigenvalue weighted by atomic mass is 32.2.